The lowest BCUT2D eigenvalue weighted by molar-refractivity contribution is -0.137. The maximum absolute atomic E-state index is 13.3. The Morgan fingerprint density at radius 2 is 1.58 bits per heavy atom. The summed E-state index contributed by atoms with van der Waals surface area (Å²) in [4.78, 5) is 27.8. The molecule has 0 aliphatic carbocycles. The summed E-state index contributed by atoms with van der Waals surface area (Å²) in [6.45, 7) is 3.99. The fourth-order valence-corrected chi connectivity index (χ4v) is 3.64. The third kappa shape index (κ3) is 4.09. The zero-order valence-corrected chi connectivity index (χ0v) is 17.8. The fourth-order valence-electron chi connectivity index (χ4n) is 3.51. The number of nitrogens with zero attached hydrogens (tertiary/aromatic N) is 1. The van der Waals surface area contributed by atoms with Gasteiger partial charge in [-0.2, -0.15) is 0 Å². The molecule has 1 aliphatic rings. The standard InChI is InChI=1S/C25H20ClFN2O2/c1-15-4-3-5-21(16(15)2)28-23-22(18-8-10-19(26)11-9-18)24(30)29(25(23)31)14-17-6-12-20(27)13-7-17/h3-13,28H,14H2,1-2H3. The lowest BCUT2D eigenvalue weighted by Crippen LogP contribution is -2.32. The maximum atomic E-state index is 13.3. The molecule has 1 N–H and O–H groups in total. The smallest absolute Gasteiger partial charge is 0.278 e. The molecule has 0 atom stereocenters. The Labute approximate surface area is 185 Å². The number of rotatable bonds is 5. The van der Waals surface area contributed by atoms with Crippen LogP contribution in [-0.4, -0.2) is 16.7 Å². The van der Waals surface area contributed by atoms with Crippen LogP contribution in [0.2, 0.25) is 5.02 Å². The first-order chi connectivity index (χ1) is 14.8. The predicted octanol–water partition coefficient (Wildman–Crippen LogP) is 5.49. The molecule has 3 aromatic rings. The van der Waals surface area contributed by atoms with Gasteiger partial charge in [0.25, 0.3) is 11.8 Å². The van der Waals surface area contributed by atoms with Gasteiger partial charge in [-0.15, -0.1) is 0 Å². The quantitative estimate of drug-likeness (QED) is 0.540. The summed E-state index contributed by atoms with van der Waals surface area (Å²) in [5, 5.41) is 3.73. The van der Waals surface area contributed by atoms with E-state index in [0.717, 1.165) is 16.8 Å². The third-order valence-corrected chi connectivity index (χ3v) is 5.67. The molecule has 31 heavy (non-hydrogen) atoms. The van der Waals surface area contributed by atoms with Crippen molar-refractivity contribution in [3.05, 3.63) is 106 Å². The van der Waals surface area contributed by atoms with E-state index in [0.29, 0.717) is 16.1 Å². The molecule has 3 aromatic carbocycles. The molecular weight excluding hydrogens is 415 g/mol. The molecule has 4 rings (SSSR count). The summed E-state index contributed by atoms with van der Waals surface area (Å²) in [6.07, 6.45) is 0. The molecule has 2 amide bonds. The van der Waals surface area contributed by atoms with Gasteiger partial charge in [0.05, 0.1) is 12.1 Å². The van der Waals surface area contributed by atoms with Gasteiger partial charge >= 0.3 is 0 Å². The van der Waals surface area contributed by atoms with Gasteiger partial charge in [-0.25, -0.2) is 4.39 Å². The van der Waals surface area contributed by atoms with Gasteiger partial charge < -0.3 is 5.32 Å². The number of amides is 2. The fraction of sp³-hybridized carbons (Fsp3) is 0.120. The molecule has 0 saturated heterocycles. The number of anilines is 1. The lowest BCUT2D eigenvalue weighted by Gasteiger charge is -2.16. The molecule has 1 heterocycles. The highest BCUT2D eigenvalue weighted by Gasteiger charge is 2.39. The van der Waals surface area contributed by atoms with Crippen molar-refractivity contribution in [1.29, 1.82) is 0 Å². The van der Waals surface area contributed by atoms with E-state index < -0.39 is 11.8 Å². The second-order valence-corrected chi connectivity index (χ2v) is 7.89. The topological polar surface area (TPSA) is 49.4 Å². The zero-order chi connectivity index (χ0) is 22.1. The van der Waals surface area contributed by atoms with Crippen LogP contribution in [0.3, 0.4) is 0 Å². The van der Waals surface area contributed by atoms with E-state index in [1.54, 1.807) is 36.4 Å². The van der Waals surface area contributed by atoms with Gasteiger partial charge in [0.15, 0.2) is 0 Å². The Balaban J connectivity index is 1.76. The van der Waals surface area contributed by atoms with Crippen molar-refractivity contribution in [3.8, 4) is 0 Å². The summed E-state index contributed by atoms with van der Waals surface area (Å²) in [5.41, 5.74) is 4.56. The summed E-state index contributed by atoms with van der Waals surface area (Å²) >= 11 is 6.01. The van der Waals surface area contributed by atoms with Crippen molar-refractivity contribution in [2.24, 2.45) is 0 Å². The van der Waals surface area contributed by atoms with Gasteiger partial charge in [-0.05, 0) is 66.4 Å². The Morgan fingerprint density at radius 1 is 0.903 bits per heavy atom. The van der Waals surface area contributed by atoms with Crippen LogP contribution in [0.25, 0.3) is 5.57 Å². The number of benzene rings is 3. The van der Waals surface area contributed by atoms with Crippen molar-refractivity contribution in [1.82, 2.24) is 4.90 Å². The van der Waals surface area contributed by atoms with Crippen LogP contribution in [0.4, 0.5) is 10.1 Å². The maximum Gasteiger partial charge on any atom is 0.278 e. The number of imide groups is 1. The average Bonchev–Trinajstić information content (AvgIpc) is 2.98. The largest absolute Gasteiger partial charge is 0.350 e. The molecule has 4 nitrogen and oxygen atoms in total. The van der Waals surface area contributed by atoms with Gasteiger partial charge in [-0.3, -0.25) is 14.5 Å². The lowest BCUT2D eigenvalue weighted by atomic mass is 10.0. The molecule has 0 saturated carbocycles. The molecule has 156 valence electrons. The van der Waals surface area contributed by atoms with E-state index in [1.807, 2.05) is 32.0 Å². The molecule has 0 radical (unpaired) electrons. The molecular formula is C25H20ClFN2O2. The summed E-state index contributed by atoms with van der Waals surface area (Å²) < 4.78 is 13.3. The van der Waals surface area contributed by atoms with Gasteiger partial charge in [0, 0.05) is 10.7 Å². The number of aryl methyl sites for hydroxylation is 1. The van der Waals surface area contributed by atoms with Crippen molar-refractivity contribution in [2.75, 3.05) is 5.32 Å². The zero-order valence-electron chi connectivity index (χ0n) is 17.1. The normalized spacial score (nSPS) is 13.9. The minimum Gasteiger partial charge on any atom is -0.350 e. The van der Waals surface area contributed by atoms with Crippen molar-refractivity contribution in [2.45, 2.75) is 20.4 Å². The Hall–Kier alpha value is -3.44. The van der Waals surface area contributed by atoms with E-state index in [4.69, 9.17) is 11.6 Å². The van der Waals surface area contributed by atoms with Crippen LogP contribution in [0.15, 0.2) is 72.4 Å². The number of nitrogens with one attached hydrogen (secondary N) is 1. The monoisotopic (exact) mass is 434 g/mol. The average molecular weight is 435 g/mol. The molecule has 0 bridgehead atoms. The third-order valence-electron chi connectivity index (χ3n) is 5.42. The van der Waals surface area contributed by atoms with Crippen LogP contribution in [0, 0.1) is 19.7 Å². The molecule has 0 fully saturated rings. The molecule has 0 aromatic heterocycles. The minimum atomic E-state index is -0.430. The summed E-state index contributed by atoms with van der Waals surface area (Å²) in [6, 6.07) is 18.3. The first kappa shape index (κ1) is 20.8. The minimum absolute atomic E-state index is 0.0486. The highest BCUT2D eigenvalue weighted by atomic mass is 35.5. The molecule has 6 heteroatoms. The second-order valence-electron chi connectivity index (χ2n) is 7.45. The Kier molecular flexibility index (Phi) is 5.61. The number of carbonyl (C=O) groups is 2. The predicted molar refractivity (Wildman–Crippen MR) is 120 cm³/mol. The molecule has 0 spiro atoms. The SMILES string of the molecule is Cc1cccc(NC2=C(c3ccc(Cl)cc3)C(=O)N(Cc3ccc(F)cc3)C2=O)c1C. The number of halogens is 2. The van der Waals surface area contributed by atoms with Crippen molar-refractivity contribution >= 4 is 34.7 Å². The molecule has 0 unspecified atom stereocenters. The first-order valence-corrected chi connectivity index (χ1v) is 10.2. The number of hydrogen-bond donors (Lipinski definition) is 1. The van der Waals surface area contributed by atoms with Crippen LogP contribution in [-0.2, 0) is 16.1 Å². The van der Waals surface area contributed by atoms with Gasteiger partial charge in [0.2, 0.25) is 0 Å². The Bertz CT molecular complexity index is 1200. The van der Waals surface area contributed by atoms with Crippen molar-refractivity contribution < 1.29 is 14.0 Å². The van der Waals surface area contributed by atoms with Crippen LogP contribution < -0.4 is 5.32 Å². The molecule has 1 aliphatic heterocycles. The highest BCUT2D eigenvalue weighted by molar-refractivity contribution is 6.36. The Morgan fingerprint density at radius 3 is 2.26 bits per heavy atom. The van der Waals surface area contributed by atoms with Gasteiger partial charge in [0.1, 0.15) is 11.5 Å². The van der Waals surface area contributed by atoms with E-state index in [-0.39, 0.29) is 23.6 Å². The summed E-state index contributed by atoms with van der Waals surface area (Å²) in [7, 11) is 0. The first-order valence-electron chi connectivity index (χ1n) is 9.79. The highest BCUT2D eigenvalue weighted by Crippen LogP contribution is 2.33. The van der Waals surface area contributed by atoms with E-state index in [9.17, 15) is 14.0 Å². The van der Waals surface area contributed by atoms with Crippen LogP contribution >= 0.6 is 11.6 Å². The van der Waals surface area contributed by atoms with E-state index in [1.165, 1.54) is 17.0 Å². The van der Waals surface area contributed by atoms with E-state index >= 15 is 0 Å². The number of carbonyl (C=O) groups excluding carboxylic acids is 2. The van der Waals surface area contributed by atoms with Crippen molar-refractivity contribution in [3.63, 3.8) is 0 Å². The van der Waals surface area contributed by atoms with Gasteiger partial charge in [-0.1, -0.05) is 48.0 Å². The van der Waals surface area contributed by atoms with E-state index in [2.05, 4.69) is 5.32 Å². The van der Waals surface area contributed by atoms with Crippen LogP contribution in [0.5, 0.6) is 0 Å². The summed E-state index contributed by atoms with van der Waals surface area (Å²) in [5.74, 6) is -1.22. The second kappa shape index (κ2) is 8.36. The van der Waals surface area contributed by atoms with Crippen LogP contribution in [0.1, 0.15) is 22.3 Å². The number of hydrogen-bond acceptors (Lipinski definition) is 3.